The molecule has 2 heterocycles. The summed E-state index contributed by atoms with van der Waals surface area (Å²) in [4.78, 5) is 12.7. The summed E-state index contributed by atoms with van der Waals surface area (Å²) < 4.78 is 28.4. The zero-order valence-electron chi connectivity index (χ0n) is 16.1. The van der Waals surface area contributed by atoms with Crippen molar-refractivity contribution >= 4 is 44.2 Å². The van der Waals surface area contributed by atoms with Crippen molar-refractivity contribution in [2.75, 3.05) is 24.2 Å². The average molecular weight is 441 g/mol. The second kappa shape index (κ2) is 8.89. The van der Waals surface area contributed by atoms with Crippen LogP contribution in [0, 0.1) is 11.8 Å². The number of piperidine rings is 1. The lowest BCUT2D eigenvalue weighted by molar-refractivity contribution is 0.102. The highest BCUT2D eigenvalue weighted by atomic mass is 32.2. The lowest BCUT2D eigenvalue weighted by Gasteiger charge is -2.34. The largest absolute Gasteiger partial charge is 0.296 e. The number of thioether (sulfide) groups is 1. The summed E-state index contributed by atoms with van der Waals surface area (Å²) in [5.74, 6) is 1.10. The van der Waals surface area contributed by atoms with Crippen molar-refractivity contribution in [2.45, 2.75) is 36.4 Å². The molecule has 1 aromatic carbocycles. The van der Waals surface area contributed by atoms with Crippen LogP contribution in [0.2, 0.25) is 0 Å². The Labute approximate surface area is 174 Å². The molecule has 1 amide bonds. The van der Waals surface area contributed by atoms with Gasteiger partial charge in [-0.2, -0.15) is 4.31 Å². The number of benzene rings is 1. The van der Waals surface area contributed by atoms with E-state index in [1.165, 1.54) is 27.8 Å². The van der Waals surface area contributed by atoms with E-state index in [2.05, 4.69) is 29.4 Å². The van der Waals surface area contributed by atoms with Crippen LogP contribution in [0.5, 0.6) is 0 Å². The number of carbonyl (C=O) groups is 1. The molecule has 1 saturated heterocycles. The third kappa shape index (κ3) is 4.91. The molecule has 7 nitrogen and oxygen atoms in total. The maximum Gasteiger partial charge on any atom is 0.257 e. The van der Waals surface area contributed by atoms with E-state index in [9.17, 15) is 13.2 Å². The first-order chi connectivity index (χ1) is 13.3. The fourth-order valence-corrected chi connectivity index (χ4v) is 6.73. The first-order valence-corrected chi connectivity index (χ1v) is 12.4. The van der Waals surface area contributed by atoms with E-state index in [4.69, 9.17) is 0 Å². The molecule has 1 aromatic heterocycles. The summed E-state index contributed by atoms with van der Waals surface area (Å²) in [7, 11) is -3.64. The second-order valence-corrected chi connectivity index (χ2v) is 11.5. The third-order valence-corrected chi connectivity index (χ3v) is 8.15. The Hall–Kier alpha value is -1.49. The third-order valence-electron chi connectivity index (χ3n) is 4.46. The average Bonchev–Trinajstić information content (AvgIpc) is 3.08. The number of nitrogens with one attached hydrogen (secondary N) is 1. The number of nitrogens with zero attached hydrogens (tertiary/aromatic N) is 3. The number of aromatic nitrogens is 2. The van der Waals surface area contributed by atoms with Crippen LogP contribution in [-0.4, -0.2) is 47.7 Å². The summed E-state index contributed by atoms with van der Waals surface area (Å²) >= 11 is 2.85. The van der Waals surface area contributed by atoms with E-state index in [1.54, 1.807) is 23.9 Å². The maximum atomic E-state index is 13.1. The Kier molecular flexibility index (Phi) is 6.74. The van der Waals surface area contributed by atoms with Gasteiger partial charge < -0.3 is 0 Å². The zero-order chi connectivity index (χ0) is 20.3. The highest BCUT2D eigenvalue weighted by molar-refractivity contribution is 8.01. The Morgan fingerprint density at radius 3 is 2.68 bits per heavy atom. The number of sulfonamides is 1. The molecule has 1 aliphatic heterocycles. The predicted octanol–water partition coefficient (Wildman–Crippen LogP) is 3.57. The summed E-state index contributed by atoms with van der Waals surface area (Å²) in [6.45, 7) is 7.15. The molecule has 0 saturated carbocycles. The Morgan fingerprint density at radius 2 is 2.00 bits per heavy atom. The van der Waals surface area contributed by atoms with E-state index < -0.39 is 15.9 Å². The number of anilines is 1. The van der Waals surface area contributed by atoms with Crippen molar-refractivity contribution in [1.29, 1.82) is 0 Å². The molecule has 2 aromatic rings. The van der Waals surface area contributed by atoms with Crippen molar-refractivity contribution in [3.63, 3.8) is 0 Å². The van der Waals surface area contributed by atoms with E-state index in [0.717, 1.165) is 16.5 Å². The van der Waals surface area contributed by atoms with Crippen LogP contribution < -0.4 is 5.32 Å². The molecule has 28 heavy (non-hydrogen) atoms. The molecular weight excluding hydrogens is 416 g/mol. The summed E-state index contributed by atoms with van der Waals surface area (Å²) in [6, 6.07) is 6.16. The summed E-state index contributed by atoms with van der Waals surface area (Å²) in [6.07, 6.45) is 1.02. The SMILES string of the molecule is CCSc1nnc(NC(=O)c2cccc(S(=O)(=O)N3C[C@@H](C)C[C@H](C)C3)c2)s1. The fraction of sp³-hybridized carbons (Fsp3) is 0.500. The summed E-state index contributed by atoms with van der Waals surface area (Å²) in [5, 5.41) is 11.0. The van der Waals surface area contributed by atoms with E-state index >= 15 is 0 Å². The van der Waals surface area contributed by atoms with Gasteiger partial charge in [-0.05, 0) is 42.2 Å². The molecule has 0 unspecified atom stereocenters. The smallest absolute Gasteiger partial charge is 0.257 e. The minimum absolute atomic E-state index is 0.140. The molecule has 0 spiro atoms. The fourth-order valence-electron chi connectivity index (χ4n) is 3.36. The van der Waals surface area contributed by atoms with Crippen molar-refractivity contribution in [2.24, 2.45) is 11.8 Å². The second-order valence-electron chi connectivity index (χ2n) is 7.06. The van der Waals surface area contributed by atoms with E-state index in [1.807, 2.05) is 6.92 Å². The highest BCUT2D eigenvalue weighted by Gasteiger charge is 2.32. The Morgan fingerprint density at radius 1 is 1.29 bits per heavy atom. The molecule has 1 N–H and O–H groups in total. The number of hydrogen-bond acceptors (Lipinski definition) is 7. The van der Waals surface area contributed by atoms with Gasteiger partial charge in [0.2, 0.25) is 15.2 Å². The topological polar surface area (TPSA) is 92.3 Å². The lowest BCUT2D eigenvalue weighted by atomic mass is 9.94. The minimum atomic E-state index is -3.64. The molecule has 1 fully saturated rings. The van der Waals surface area contributed by atoms with Crippen molar-refractivity contribution in [3.8, 4) is 0 Å². The van der Waals surface area contributed by atoms with Gasteiger partial charge in [-0.15, -0.1) is 10.2 Å². The van der Waals surface area contributed by atoms with Gasteiger partial charge in [0.1, 0.15) is 0 Å². The molecule has 3 rings (SSSR count). The monoisotopic (exact) mass is 440 g/mol. The quantitative estimate of drug-likeness (QED) is 0.545. The Balaban J connectivity index is 1.78. The van der Waals surface area contributed by atoms with Gasteiger partial charge in [0, 0.05) is 18.7 Å². The molecule has 10 heteroatoms. The first-order valence-electron chi connectivity index (χ1n) is 9.17. The van der Waals surface area contributed by atoms with Crippen LogP contribution in [0.3, 0.4) is 0 Å². The lowest BCUT2D eigenvalue weighted by Crippen LogP contribution is -2.42. The van der Waals surface area contributed by atoms with Gasteiger partial charge in [-0.1, -0.05) is 49.9 Å². The van der Waals surface area contributed by atoms with Gasteiger partial charge in [-0.3, -0.25) is 10.1 Å². The van der Waals surface area contributed by atoms with Crippen LogP contribution in [0.25, 0.3) is 0 Å². The molecule has 152 valence electrons. The van der Waals surface area contributed by atoms with Crippen molar-refractivity contribution < 1.29 is 13.2 Å². The molecule has 1 aliphatic rings. The number of rotatable bonds is 6. The Bertz CT molecular complexity index is 935. The molecule has 0 radical (unpaired) electrons. The highest BCUT2D eigenvalue weighted by Crippen LogP contribution is 2.28. The standard InChI is InChI=1S/C18H24N4O3S3/c1-4-26-18-21-20-17(27-18)19-16(23)14-6-5-7-15(9-14)28(24,25)22-10-12(2)8-13(3)11-22/h5-7,9,12-13H,4,8,10-11H2,1-3H3,(H,19,20,23)/t12-,13-/m0/s1. The zero-order valence-corrected chi connectivity index (χ0v) is 18.5. The number of hydrogen-bond donors (Lipinski definition) is 1. The van der Waals surface area contributed by atoms with E-state index in [-0.39, 0.29) is 10.5 Å². The van der Waals surface area contributed by atoms with Crippen LogP contribution in [0.1, 0.15) is 37.6 Å². The van der Waals surface area contributed by atoms with Crippen molar-refractivity contribution in [1.82, 2.24) is 14.5 Å². The van der Waals surface area contributed by atoms with Crippen LogP contribution in [0.15, 0.2) is 33.5 Å². The normalized spacial score (nSPS) is 20.8. The van der Waals surface area contributed by atoms with Gasteiger partial charge in [0.15, 0.2) is 4.34 Å². The maximum absolute atomic E-state index is 13.1. The molecular formula is C18H24N4O3S3. The first kappa shape index (κ1) is 21.2. The van der Waals surface area contributed by atoms with Crippen molar-refractivity contribution in [3.05, 3.63) is 29.8 Å². The minimum Gasteiger partial charge on any atom is -0.296 e. The summed E-state index contributed by atoms with van der Waals surface area (Å²) in [5.41, 5.74) is 0.277. The number of amides is 1. The van der Waals surface area contributed by atoms with Gasteiger partial charge in [0.05, 0.1) is 4.90 Å². The van der Waals surface area contributed by atoms with Crippen LogP contribution >= 0.6 is 23.1 Å². The van der Waals surface area contributed by atoms with Gasteiger partial charge in [-0.25, -0.2) is 8.42 Å². The van der Waals surface area contributed by atoms with Crippen LogP contribution in [-0.2, 0) is 10.0 Å². The molecule has 0 bridgehead atoms. The van der Waals surface area contributed by atoms with Gasteiger partial charge in [0.25, 0.3) is 5.91 Å². The molecule has 0 aliphatic carbocycles. The molecule has 2 atom stereocenters. The van der Waals surface area contributed by atoms with E-state index in [0.29, 0.717) is 30.1 Å². The van der Waals surface area contributed by atoms with Crippen LogP contribution in [0.4, 0.5) is 5.13 Å². The predicted molar refractivity (Wildman–Crippen MR) is 112 cm³/mol. The number of carbonyl (C=O) groups excluding carboxylic acids is 1. The van der Waals surface area contributed by atoms with Gasteiger partial charge >= 0.3 is 0 Å².